The van der Waals surface area contributed by atoms with E-state index in [0.717, 1.165) is 6.42 Å². The van der Waals surface area contributed by atoms with E-state index in [1.54, 1.807) is 18.3 Å². The second kappa shape index (κ2) is 5.27. The summed E-state index contributed by atoms with van der Waals surface area (Å²) in [4.78, 5) is 15.7. The van der Waals surface area contributed by atoms with Gasteiger partial charge >= 0.3 is 0 Å². The Morgan fingerprint density at radius 1 is 1.71 bits per heavy atom. The highest BCUT2D eigenvalue weighted by atomic mass is 35.5. The Morgan fingerprint density at radius 3 is 3.18 bits per heavy atom. The zero-order valence-electron chi connectivity index (χ0n) is 9.70. The molecule has 1 aromatic rings. The number of hydrogen-bond acceptors (Lipinski definition) is 3. The molecule has 0 aromatic carbocycles. The normalized spacial score (nSPS) is 23.6. The highest BCUT2D eigenvalue weighted by Gasteiger charge is 2.29. The maximum Gasteiger partial charge on any atom is 0.251 e. The molecule has 1 N–H and O–H groups in total. The predicted octanol–water partition coefficient (Wildman–Crippen LogP) is 2.75. The molecule has 1 aromatic heterocycles. The molecule has 0 aliphatic carbocycles. The third kappa shape index (κ3) is 3.36. The molecule has 17 heavy (non-hydrogen) atoms. The average Bonchev–Trinajstić information content (AvgIpc) is 2.74. The van der Waals surface area contributed by atoms with Crippen LogP contribution in [0.5, 0.6) is 0 Å². The Hall–Kier alpha value is -0.740. The number of amides is 1. The van der Waals surface area contributed by atoms with Crippen LogP contribution in [-0.4, -0.2) is 27.9 Å². The number of nitrogens with one attached hydrogen (secondary N) is 1. The van der Waals surface area contributed by atoms with Crippen LogP contribution >= 0.6 is 23.4 Å². The van der Waals surface area contributed by atoms with Gasteiger partial charge in [0.05, 0.1) is 0 Å². The largest absolute Gasteiger partial charge is 0.351 e. The minimum absolute atomic E-state index is 0.0805. The van der Waals surface area contributed by atoms with Gasteiger partial charge in [-0.05, 0) is 37.7 Å². The second-order valence-corrected chi connectivity index (χ2v) is 6.52. The van der Waals surface area contributed by atoms with Gasteiger partial charge in [0.2, 0.25) is 0 Å². The maximum atomic E-state index is 11.9. The third-order valence-electron chi connectivity index (χ3n) is 2.91. The molecule has 2 heterocycles. The summed E-state index contributed by atoms with van der Waals surface area (Å²) < 4.78 is 0.187. The van der Waals surface area contributed by atoms with Gasteiger partial charge < -0.3 is 5.32 Å². The summed E-state index contributed by atoms with van der Waals surface area (Å²) in [5.41, 5.74) is 0.566. The molecular weight excluding hydrogens is 256 g/mol. The van der Waals surface area contributed by atoms with Crippen LogP contribution in [0.3, 0.4) is 0 Å². The van der Waals surface area contributed by atoms with Crippen LogP contribution in [0.15, 0.2) is 18.3 Å². The van der Waals surface area contributed by atoms with Crippen molar-refractivity contribution in [3.8, 4) is 0 Å². The van der Waals surface area contributed by atoms with Gasteiger partial charge in [0.25, 0.3) is 5.91 Å². The molecule has 2 rings (SSSR count). The molecule has 3 nitrogen and oxygen atoms in total. The molecule has 0 spiro atoms. The Bertz CT molecular complexity index is 419. The topological polar surface area (TPSA) is 42.0 Å². The lowest BCUT2D eigenvalue weighted by Gasteiger charge is -2.22. The first-order valence-corrected chi connectivity index (χ1v) is 6.99. The van der Waals surface area contributed by atoms with Crippen LogP contribution in [-0.2, 0) is 0 Å². The van der Waals surface area contributed by atoms with Crippen molar-refractivity contribution in [1.82, 2.24) is 10.3 Å². The molecule has 1 aliphatic heterocycles. The fourth-order valence-electron chi connectivity index (χ4n) is 1.89. The summed E-state index contributed by atoms with van der Waals surface area (Å²) in [6.45, 7) is 2.90. The fourth-order valence-corrected chi connectivity index (χ4v) is 3.31. The summed E-state index contributed by atoms with van der Waals surface area (Å²) >= 11 is 7.68. The number of carbonyl (C=O) groups is 1. The Balaban J connectivity index is 1.93. The van der Waals surface area contributed by atoms with Crippen LogP contribution in [0.2, 0.25) is 5.15 Å². The molecule has 1 fully saturated rings. The maximum absolute atomic E-state index is 11.9. The van der Waals surface area contributed by atoms with Crippen LogP contribution < -0.4 is 5.32 Å². The molecule has 5 heteroatoms. The third-order valence-corrected chi connectivity index (χ3v) is 4.66. The average molecular weight is 271 g/mol. The van der Waals surface area contributed by atoms with Crippen molar-refractivity contribution in [3.05, 3.63) is 29.0 Å². The van der Waals surface area contributed by atoms with Gasteiger partial charge in [-0.3, -0.25) is 4.79 Å². The molecule has 0 saturated carbocycles. The standard InChI is InChI=1S/C12H15ClN2OS/c1-12(4-2-6-17-12)8-15-11(16)9-3-5-14-10(13)7-9/h3,5,7H,2,4,6,8H2,1H3,(H,15,16). The minimum atomic E-state index is -0.0805. The molecular formula is C12H15ClN2OS. The van der Waals surface area contributed by atoms with Crippen molar-refractivity contribution < 1.29 is 4.79 Å². The Morgan fingerprint density at radius 2 is 2.53 bits per heavy atom. The van der Waals surface area contributed by atoms with Crippen molar-refractivity contribution in [3.63, 3.8) is 0 Å². The lowest BCUT2D eigenvalue weighted by molar-refractivity contribution is 0.0950. The van der Waals surface area contributed by atoms with Crippen molar-refractivity contribution >= 4 is 29.3 Å². The van der Waals surface area contributed by atoms with E-state index in [0.29, 0.717) is 17.3 Å². The quantitative estimate of drug-likeness (QED) is 0.859. The first-order valence-electron chi connectivity index (χ1n) is 5.63. The van der Waals surface area contributed by atoms with E-state index < -0.39 is 0 Å². The fraction of sp³-hybridized carbons (Fsp3) is 0.500. The zero-order chi connectivity index (χ0) is 12.3. The number of thioether (sulfide) groups is 1. The summed E-state index contributed by atoms with van der Waals surface area (Å²) in [5.74, 6) is 1.11. The summed E-state index contributed by atoms with van der Waals surface area (Å²) in [6.07, 6.45) is 3.94. The number of aromatic nitrogens is 1. The van der Waals surface area contributed by atoms with Gasteiger partial charge in [-0.1, -0.05) is 11.6 Å². The van der Waals surface area contributed by atoms with Gasteiger partial charge in [0, 0.05) is 23.1 Å². The molecule has 0 bridgehead atoms. The van der Waals surface area contributed by atoms with Crippen LogP contribution in [0.1, 0.15) is 30.1 Å². The number of halogens is 1. The minimum Gasteiger partial charge on any atom is -0.351 e. The van der Waals surface area contributed by atoms with Crippen LogP contribution in [0.4, 0.5) is 0 Å². The van der Waals surface area contributed by atoms with Crippen molar-refractivity contribution in [2.75, 3.05) is 12.3 Å². The highest BCUT2D eigenvalue weighted by molar-refractivity contribution is 8.00. The second-order valence-electron chi connectivity index (χ2n) is 4.45. The van der Waals surface area contributed by atoms with E-state index in [4.69, 9.17) is 11.6 Å². The van der Waals surface area contributed by atoms with E-state index in [-0.39, 0.29) is 10.7 Å². The van der Waals surface area contributed by atoms with E-state index in [1.807, 2.05) is 11.8 Å². The smallest absolute Gasteiger partial charge is 0.251 e. The van der Waals surface area contributed by atoms with Crippen molar-refractivity contribution in [2.45, 2.75) is 24.5 Å². The van der Waals surface area contributed by atoms with Gasteiger partial charge in [-0.15, -0.1) is 0 Å². The van der Waals surface area contributed by atoms with Gasteiger partial charge in [-0.25, -0.2) is 4.98 Å². The molecule has 1 atom stereocenters. The predicted molar refractivity (Wildman–Crippen MR) is 71.7 cm³/mol. The highest BCUT2D eigenvalue weighted by Crippen LogP contribution is 2.36. The zero-order valence-corrected chi connectivity index (χ0v) is 11.3. The van der Waals surface area contributed by atoms with Crippen molar-refractivity contribution in [2.24, 2.45) is 0 Å². The van der Waals surface area contributed by atoms with E-state index in [9.17, 15) is 4.79 Å². The number of rotatable bonds is 3. The first kappa shape index (κ1) is 12.7. The number of hydrogen-bond donors (Lipinski definition) is 1. The number of carbonyl (C=O) groups excluding carboxylic acids is 1. The summed E-state index contributed by atoms with van der Waals surface area (Å²) in [6, 6.07) is 3.26. The molecule has 1 aliphatic rings. The molecule has 1 amide bonds. The lowest BCUT2D eigenvalue weighted by atomic mass is 10.1. The van der Waals surface area contributed by atoms with Gasteiger partial charge in [0.1, 0.15) is 5.15 Å². The monoisotopic (exact) mass is 270 g/mol. The SMILES string of the molecule is CC1(CNC(=O)c2ccnc(Cl)c2)CCCS1. The molecule has 1 unspecified atom stereocenters. The Kier molecular flexibility index (Phi) is 3.94. The van der Waals surface area contributed by atoms with Gasteiger partial charge in [-0.2, -0.15) is 11.8 Å². The number of nitrogens with zero attached hydrogens (tertiary/aromatic N) is 1. The summed E-state index contributed by atoms with van der Waals surface area (Å²) in [5, 5.41) is 3.31. The van der Waals surface area contributed by atoms with E-state index in [2.05, 4.69) is 17.2 Å². The molecule has 1 saturated heterocycles. The van der Waals surface area contributed by atoms with E-state index >= 15 is 0 Å². The lowest BCUT2D eigenvalue weighted by Crippen LogP contribution is -2.36. The first-order chi connectivity index (χ1) is 8.09. The van der Waals surface area contributed by atoms with Crippen LogP contribution in [0, 0.1) is 0 Å². The number of pyridine rings is 1. The van der Waals surface area contributed by atoms with Crippen molar-refractivity contribution in [1.29, 1.82) is 0 Å². The summed E-state index contributed by atoms with van der Waals surface area (Å²) in [7, 11) is 0. The van der Waals surface area contributed by atoms with Crippen LogP contribution in [0.25, 0.3) is 0 Å². The van der Waals surface area contributed by atoms with Gasteiger partial charge in [0.15, 0.2) is 0 Å². The molecule has 92 valence electrons. The van der Waals surface area contributed by atoms with E-state index in [1.165, 1.54) is 12.2 Å². The molecule has 0 radical (unpaired) electrons. The Labute approximate surface area is 110 Å².